The number of fused-ring (bicyclic) bond motifs is 6. The van der Waals surface area contributed by atoms with Gasteiger partial charge < -0.3 is 4.90 Å². The van der Waals surface area contributed by atoms with Crippen LogP contribution in [0.1, 0.15) is 74.1 Å². The number of hydrazine groups is 1. The number of aromatic nitrogens is 3. The highest BCUT2D eigenvalue weighted by molar-refractivity contribution is 5.78. The normalized spacial score (nSPS) is 26.0. The molecule has 4 atom stereocenters. The minimum Gasteiger partial charge on any atom is -0.339 e. The van der Waals surface area contributed by atoms with Crippen molar-refractivity contribution < 1.29 is 4.79 Å². The van der Waals surface area contributed by atoms with E-state index in [-0.39, 0.29) is 18.2 Å². The molecule has 202 valence electrons. The predicted octanol–water partition coefficient (Wildman–Crippen LogP) is 4.60. The molecule has 1 aromatic heterocycles. The van der Waals surface area contributed by atoms with Crippen LogP contribution in [0.5, 0.6) is 0 Å². The van der Waals surface area contributed by atoms with Crippen molar-refractivity contribution in [2.24, 2.45) is 5.92 Å². The van der Waals surface area contributed by atoms with E-state index < -0.39 is 0 Å². The molecular formula is C31H37N7O. The molecule has 2 fully saturated rings. The van der Waals surface area contributed by atoms with Gasteiger partial charge in [-0.05, 0) is 42.4 Å². The Morgan fingerprint density at radius 3 is 2.56 bits per heavy atom. The monoisotopic (exact) mass is 523 g/mol. The summed E-state index contributed by atoms with van der Waals surface area (Å²) in [4.78, 5) is 15.0. The maximum absolute atomic E-state index is 13.0. The molecule has 0 bridgehead atoms. The predicted molar refractivity (Wildman–Crippen MR) is 151 cm³/mol. The second-order valence-corrected chi connectivity index (χ2v) is 11.3. The van der Waals surface area contributed by atoms with Gasteiger partial charge in [-0.3, -0.25) is 19.7 Å². The Labute approximate surface area is 230 Å². The van der Waals surface area contributed by atoms with Crippen molar-refractivity contribution in [3.05, 3.63) is 83.7 Å². The van der Waals surface area contributed by atoms with E-state index >= 15 is 0 Å². The van der Waals surface area contributed by atoms with Crippen LogP contribution in [0.15, 0.2) is 66.7 Å². The number of nitrogens with one attached hydrogen (secondary N) is 2. The number of rotatable bonds is 6. The van der Waals surface area contributed by atoms with Crippen LogP contribution in [0.3, 0.4) is 0 Å². The maximum atomic E-state index is 13.0. The molecule has 3 aliphatic heterocycles. The summed E-state index contributed by atoms with van der Waals surface area (Å²) in [7, 11) is 0. The van der Waals surface area contributed by atoms with Crippen LogP contribution in [-0.4, -0.2) is 44.8 Å². The molecule has 1 saturated carbocycles. The van der Waals surface area contributed by atoms with Crippen LogP contribution < -0.4 is 15.8 Å². The molecule has 2 N–H and O–H groups in total. The van der Waals surface area contributed by atoms with Gasteiger partial charge in [0.05, 0.1) is 0 Å². The Morgan fingerprint density at radius 1 is 0.974 bits per heavy atom. The van der Waals surface area contributed by atoms with Gasteiger partial charge in [0.2, 0.25) is 11.9 Å². The zero-order chi connectivity index (χ0) is 26.2. The molecule has 1 amide bonds. The minimum atomic E-state index is 0.0593. The summed E-state index contributed by atoms with van der Waals surface area (Å²) in [6.45, 7) is 1.49. The van der Waals surface area contributed by atoms with E-state index in [9.17, 15) is 4.79 Å². The topological polar surface area (TPSA) is 78.3 Å². The minimum absolute atomic E-state index is 0.0593. The molecule has 0 radical (unpaired) electrons. The Kier molecular flexibility index (Phi) is 6.66. The Balaban J connectivity index is 1.02. The first-order valence-corrected chi connectivity index (χ1v) is 14.6. The Hall–Kier alpha value is -3.49. The molecule has 4 heterocycles. The highest BCUT2D eigenvalue weighted by atomic mass is 16.2. The number of hydrogen-bond donors (Lipinski definition) is 2. The molecule has 39 heavy (non-hydrogen) atoms. The van der Waals surface area contributed by atoms with Gasteiger partial charge in [-0.2, -0.15) is 0 Å². The van der Waals surface area contributed by atoms with Crippen molar-refractivity contribution in [2.45, 2.75) is 69.7 Å². The first kappa shape index (κ1) is 24.5. The van der Waals surface area contributed by atoms with E-state index in [2.05, 4.69) is 91.2 Å². The van der Waals surface area contributed by atoms with E-state index in [0.29, 0.717) is 24.9 Å². The fraction of sp³-hybridized carbons (Fsp3) is 0.452. The number of carbonyl (C=O) groups excluding carboxylic acids is 1. The van der Waals surface area contributed by atoms with Crippen molar-refractivity contribution in [3.63, 3.8) is 0 Å². The SMILES string of the molecule is O=C(CCCc1nnc2n1C1CCCCC1C1NC(c3ccccc3)NN21)N1CC=C(c2ccccc2)CC1. The van der Waals surface area contributed by atoms with Gasteiger partial charge in [-0.1, -0.05) is 79.6 Å². The zero-order valence-corrected chi connectivity index (χ0v) is 22.4. The quantitative estimate of drug-likeness (QED) is 0.492. The fourth-order valence-corrected chi connectivity index (χ4v) is 7.00. The van der Waals surface area contributed by atoms with Crippen molar-refractivity contribution >= 4 is 17.4 Å². The molecule has 7 rings (SSSR count). The van der Waals surface area contributed by atoms with E-state index in [1.165, 1.54) is 36.0 Å². The lowest BCUT2D eigenvalue weighted by atomic mass is 9.81. The van der Waals surface area contributed by atoms with Crippen LogP contribution in [0.2, 0.25) is 0 Å². The van der Waals surface area contributed by atoms with Crippen molar-refractivity contribution in [3.8, 4) is 0 Å². The third-order valence-corrected chi connectivity index (χ3v) is 9.00. The van der Waals surface area contributed by atoms with Gasteiger partial charge >= 0.3 is 0 Å². The molecule has 2 aromatic carbocycles. The third-order valence-electron chi connectivity index (χ3n) is 9.00. The van der Waals surface area contributed by atoms with Crippen LogP contribution in [0.25, 0.3) is 5.57 Å². The third kappa shape index (κ3) is 4.66. The largest absolute Gasteiger partial charge is 0.339 e. The molecule has 1 saturated heterocycles. The molecule has 4 unspecified atom stereocenters. The molecule has 8 heteroatoms. The Morgan fingerprint density at radius 2 is 1.77 bits per heavy atom. The standard InChI is InChI=1S/C31H37N7O/c39-28(36-20-18-23(19-21-36)22-10-3-1-4-11-22)17-9-16-27-33-34-31-37(27)26-15-8-7-14-25(26)30-32-29(35-38(30)31)24-12-5-2-6-13-24/h1-6,10-13,18,25-26,29-30,32,35H,7-9,14-17,19-21H2. The van der Waals surface area contributed by atoms with E-state index in [0.717, 1.165) is 44.0 Å². The van der Waals surface area contributed by atoms with Crippen molar-refractivity contribution in [2.75, 3.05) is 18.1 Å². The van der Waals surface area contributed by atoms with Gasteiger partial charge in [-0.25, -0.2) is 5.43 Å². The highest BCUT2D eigenvalue weighted by Crippen LogP contribution is 2.45. The second-order valence-electron chi connectivity index (χ2n) is 11.3. The molecule has 3 aromatic rings. The second kappa shape index (κ2) is 10.6. The molecule has 8 nitrogen and oxygen atoms in total. The number of aryl methyl sites for hydroxylation is 1. The summed E-state index contributed by atoms with van der Waals surface area (Å²) >= 11 is 0. The summed E-state index contributed by atoms with van der Waals surface area (Å²) in [5.41, 5.74) is 7.51. The summed E-state index contributed by atoms with van der Waals surface area (Å²) < 4.78 is 2.39. The smallest absolute Gasteiger partial charge is 0.243 e. The first-order valence-electron chi connectivity index (χ1n) is 14.6. The lowest BCUT2D eigenvalue weighted by Crippen LogP contribution is -2.53. The number of benzene rings is 2. The lowest BCUT2D eigenvalue weighted by molar-refractivity contribution is -0.130. The van der Waals surface area contributed by atoms with Gasteiger partial charge in [0, 0.05) is 37.9 Å². The fourth-order valence-electron chi connectivity index (χ4n) is 7.00. The van der Waals surface area contributed by atoms with Crippen molar-refractivity contribution in [1.82, 2.24) is 30.4 Å². The molecule has 0 spiro atoms. The molecule has 4 aliphatic rings. The van der Waals surface area contributed by atoms with Gasteiger partial charge in [-0.15, -0.1) is 10.2 Å². The van der Waals surface area contributed by atoms with Gasteiger partial charge in [0.1, 0.15) is 18.2 Å². The summed E-state index contributed by atoms with van der Waals surface area (Å²) in [6, 6.07) is 21.5. The number of anilines is 1. The maximum Gasteiger partial charge on any atom is 0.243 e. The lowest BCUT2D eigenvalue weighted by Gasteiger charge is -2.44. The van der Waals surface area contributed by atoms with Crippen LogP contribution in [-0.2, 0) is 11.2 Å². The van der Waals surface area contributed by atoms with Crippen LogP contribution >= 0.6 is 0 Å². The first-order chi connectivity index (χ1) is 19.3. The molecule has 1 aliphatic carbocycles. The van der Waals surface area contributed by atoms with Gasteiger partial charge in [0.15, 0.2) is 0 Å². The average molecular weight is 524 g/mol. The number of hydrogen-bond acceptors (Lipinski definition) is 6. The summed E-state index contributed by atoms with van der Waals surface area (Å²) in [6.07, 6.45) is 10.4. The zero-order valence-electron chi connectivity index (χ0n) is 22.4. The van der Waals surface area contributed by atoms with E-state index in [1.807, 2.05) is 11.0 Å². The number of amides is 1. The van der Waals surface area contributed by atoms with E-state index in [4.69, 9.17) is 0 Å². The van der Waals surface area contributed by atoms with E-state index in [1.54, 1.807) is 0 Å². The van der Waals surface area contributed by atoms with Crippen molar-refractivity contribution in [1.29, 1.82) is 0 Å². The number of carbonyl (C=O) groups is 1. The summed E-state index contributed by atoms with van der Waals surface area (Å²) in [5, 5.41) is 15.4. The Bertz CT molecular complexity index is 1340. The van der Waals surface area contributed by atoms with Crippen LogP contribution in [0.4, 0.5) is 5.95 Å². The van der Waals surface area contributed by atoms with Gasteiger partial charge in [0.25, 0.3) is 0 Å². The average Bonchev–Trinajstić information content (AvgIpc) is 3.64. The summed E-state index contributed by atoms with van der Waals surface area (Å²) in [5.74, 6) is 2.67. The highest BCUT2D eigenvalue weighted by Gasteiger charge is 2.48. The number of nitrogens with zero attached hydrogens (tertiary/aromatic N) is 5. The van der Waals surface area contributed by atoms with Crippen LogP contribution in [0, 0.1) is 5.92 Å². The molecular weight excluding hydrogens is 486 g/mol.